The van der Waals surface area contributed by atoms with Gasteiger partial charge in [0.05, 0.1) is 17.6 Å². The van der Waals surface area contributed by atoms with Gasteiger partial charge in [0.2, 0.25) is 0 Å². The summed E-state index contributed by atoms with van der Waals surface area (Å²) in [6, 6.07) is 5.46. The molecular weight excluding hydrogens is 483 g/mol. The first-order valence-electron chi connectivity index (χ1n) is 13.2. The van der Waals surface area contributed by atoms with Gasteiger partial charge in [-0.05, 0) is 93.9 Å². The molecule has 35 heavy (non-hydrogen) atoms. The number of thioether (sulfide) groups is 1. The van der Waals surface area contributed by atoms with E-state index in [1.54, 1.807) is 7.11 Å². The van der Waals surface area contributed by atoms with Crippen molar-refractivity contribution in [2.75, 3.05) is 39.1 Å². The minimum absolute atomic E-state index is 0.115. The molecule has 1 aromatic carbocycles. The second-order valence-corrected chi connectivity index (χ2v) is 12.2. The molecule has 194 valence electrons. The standard InChI is InChI=1S/C28H40ClFN2O2S/c1-34-21-8-9-26-23(18-21)27(24(29)19-31-26)25(30)10-11-28(20-33)12-15-32(16-13-28)14-5-17-35-22-6-3-2-4-7-22/h8-9,18-19,22,25,33H,2-7,10-17,20H2,1H3/t25-/m1/s1. The molecule has 0 amide bonds. The van der Waals surface area contributed by atoms with Crippen LogP contribution in [0.25, 0.3) is 10.9 Å². The van der Waals surface area contributed by atoms with Gasteiger partial charge < -0.3 is 14.7 Å². The van der Waals surface area contributed by atoms with Gasteiger partial charge in [-0.2, -0.15) is 11.8 Å². The van der Waals surface area contributed by atoms with E-state index in [1.165, 1.54) is 50.5 Å². The van der Waals surface area contributed by atoms with Crippen molar-refractivity contribution >= 4 is 34.3 Å². The monoisotopic (exact) mass is 522 g/mol. The summed E-state index contributed by atoms with van der Waals surface area (Å²) in [5.74, 6) is 1.91. The Morgan fingerprint density at radius 1 is 1.26 bits per heavy atom. The number of nitrogens with zero attached hydrogens (tertiary/aromatic N) is 2. The van der Waals surface area contributed by atoms with E-state index >= 15 is 4.39 Å². The highest BCUT2D eigenvalue weighted by Crippen LogP contribution is 2.42. The number of benzene rings is 1. The fourth-order valence-electron chi connectivity index (χ4n) is 5.70. The van der Waals surface area contributed by atoms with E-state index in [9.17, 15) is 5.11 Å². The van der Waals surface area contributed by atoms with Gasteiger partial charge in [-0.1, -0.05) is 30.9 Å². The Bertz CT molecular complexity index is 948. The van der Waals surface area contributed by atoms with Crippen LogP contribution in [-0.2, 0) is 0 Å². The number of aliphatic hydroxyl groups is 1. The van der Waals surface area contributed by atoms with E-state index in [4.69, 9.17) is 16.3 Å². The van der Waals surface area contributed by atoms with Crippen molar-refractivity contribution in [1.29, 1.82) is 0 Å². The SMILES string of the molecule is COc1ccc2ncc(Cl)c([C@H](F)CCC3(CO)CCN(CCCSC4CCCCC4)CC3)c2c1. The van der Waals surface area contributed by atoms with Crippen LogP contribution in [0.4, 0.5) is 4.39 Å². The molecule has 1 saturated heterocycles. The van der Waals surface area contributed by atoms with Crippen molar-refractivity contribution in [1.82, 2.24) is 9.88 Å². The van der Waals surface area contributed by atoms with E-state index in [0.717, 1.165) is 37.7 Å². The second kappa shape index (κ2) is 12.9. The van der Waals surface area contributed by atoms with Crippen molar-refractivity contribution in [2.45, 2.75) is 75.6 Å². The summed E-state index contributed by atoms with van der Waals surface area (Å²) >= 11 is 8.58. The Balaban J connectivity index is 1.28. The van der Waals surface area contributed by atoms with Crippen LogP contribution in [0.1, 0.15) is 75.9 Å². The first-order valence-corrected chi connectivity index (χ1v) is 14.7. The molecule has 7 heteroatoms. The normalized spacial score (nSPS) is 20.2. The molecule has 1 aliphatic carbocycles. The van der Waals surface area contributed by atoms with Crippen molar-refractivity contribution in [3.63, 3.8) is 0 Å². The molecule has 2 heterocycles. The number of methoxy groups -OCH3 is 1. The predicted molar refractivity (Wildman–Crippen MR) is 146 cm³/mol. The first kappa shape index (κ1) is 27.0. The molecule has 2 aliphatic rings. The summed E-state index contributed by atoms with van der Waals surface area (Å²) in [6.45, 7) is 3.22. The van der Waals surface area contributed by atoms with E-state index in [-0.39, 0.29) is 12.0 Å². The average molecular weight is 523 g/mol. The van der Waals surface area contributed by atoms with Crippen LogP contribution in [0.3, 0.4) is 0 Å². The highest BCUT2D eigenvalue weighted by Gasteiger charge is 2.35. The van der Waals surface area contributed by atoms with Gasteiger partial charge in [0.25, 0.3) is 0 Å². The van der Waals surface area contributed by atoms with Crippen LogP contribution in [0.5, 0.6) is 5.75 Å². The molecule has 1 aliphatic heterocycles. The quantitative estimate of drug-likeness (QED) is 0.316. The number of pyridine rings is 1. The summed E-state index contributed by atoms with van der Waals surface area (Å²) < 4.78 is 20.9. The minimum atomic E-state index is -1.21. The lowest BCUT2D eigenvalue weighted by molar-refractivity contribution is 0.0304. The fourth-order valence-corrected chi connectivity index (χ4v) is 7.26. The molecule has 2 fully saturated rings. The molecule has 2 aromatic rings. The number of alkyl halides is 1. The zero-order chi connectivity index (χ0) is 24.7. The van der Waals surface area contributed by atoms with Gasteiger partial charge in [0, 0.05) is 29.0 Å². The van der Waals surface area contributed by atoms with Crippen LogP contribution >= 0.6 is 23.4 Å². The molecule has 4 nitrogen and oxygen atoms in total. The Hall–Kier alpha value is -1.08. The topological polar surface area (TPSA) is 45.6 Å². The maximum Gasteiger partial charge on any atom is 0.127 e. The molecule has 0 bridgehead atoms. The van der Waals surface area contributed by atoms with Gasteiger partial charge in [-0.3, -0.25) is 4.98 Å². The number of aromatic nitrogens is 1. The Kier molecular flexibility index (Phi) is 9.97. The second-order valence-electron chi connectivity index (χ2n) is 10.4. The molecule has 1 atom stereocenters. The van der Waals surface area contributed by atoms with E-state index in [2.05, 4.69) is 21.6 Å². The number of ether oxygens (including phenoxy) is 1. The average Bonchev–Trinajstić information content (AvgIpc) is 2.90. The van der Waals surface area contributed by atoms with Gasteiger partial charge in [-0.25, -0.2) is 4.39 Å². The summed E-state index contributed by atoms with van der Waals surface area (Å²) in [5, 5.41) is 12.2. The number of hydrogen-bond donors (Lipinski definition) is 1. The largest absolute Gasteiger partial charge is 0.497 e. The maximum absolute atomic E-state index is 15.6. The molecule has 0 radical (unpaired) electrons. The fraction of sp³-hybridized carbons (Fsp3) is 0.679. The predicted octanol–water partition coefficient (Wildman–Crippen LogP) is 7.22. The lowest BCUT2D eigenvalue weighted by atomic mass is 9.74. The van der Waals surface area contributed by atoms with Gasteiger partial charge >= 0.3 is 0 Å². The summed E-state index contributed by atoms with van der Waals surface area (Å²) in [5.41, 5.74) is 0.987. The van der Waals surface area contributed by atoms with Gasteiger partial charge in [0.15, 0.2) is 0 Å². The van der Waals surface area contributed by atoms with Crippen molar-refractivity contribution in [2.24, 2.45) is 5.41 Å². The smallest absolute Gasteiger partial charge is 0.127 e. The molecule has 1 saturated carbocycles. The number of piperidine rings is 1. The zero-order valence-corrected chi connectivity index (χ0v) is 22.6. The minimum Gasteiger partial charge on any atom is -0.497 e. The molecule has 0 spiro atoms. The summed E-state index contributed by atoms with van der Waals surface area (Å²) in [7, 11) is 1.60. The lowest BCUT2D eigenvalue weighted by Gasteiger charge is -2.41. The van der Waals surface area contributed by atoms with Crippen molar-refractivity contribution in [3.05, 3.63) is 35.0 Å². The Morgan fingerprint density at radius 3 is 2.74 bits per heavy atom. The van der Waals surface area contributed by atoms with E-state index in [0.29, 0.717) is 40.1 Å². The highest BCUT2D eigenvalue weighted by molar-refractivity contribution is 7.99. The third kappa shape index (κ3) is 7.03. The number of hydrogen-bond acceptors (Lipinski definition) is 5. The van der Waals surface area contributed by atoms with Crippen molar-refractivity contribution < 1.29 is 14.2 Å². The van der Waals surface area contributed by atoms with Gasteiger partial charge in [-0.15, -0.1) is 0 Å². The zero-order valence-electron chi connectivity index (χ0n) is 21.0. The number of halogens is 2. The van der Waals surface area contributed by atoms with Crippen LogP contribution in [-0.4, -0.2) is 59.3 Å². The van der Waals surface area contributed by atoms with Gasteiger partial charge in [0.1, 0.15) is 11.9 Å². The molecule has 0 unspecified atom stereocenters. The summed E-state index contributed by atoms with van der Waals surface area (Å²) in [6.07, 6.45) is 11.4. The van der Waals surface area contributed by atoms with E-state index in [1.807, 2.05) is 18.2 Å². The molecule has 1 aromatic heterocycles. The Morgan fingerprint density at radius 2 is 2.03 bits per heavy atom. The third-order valence-electron chi connectivity index (χ3n) is 8.09. The third-order valence-corrected chi connectivity index (χ3v) is 9.85. The number of rotatable bonds is 11. The van der Waals surface area contributed by atoms with E-state index < -0.39 is 6.17 Å². The first-order chi connectivity index (χ1) is 17.0. The Labute approximate surface area is 219 Å². The molecular formula is C28H40ClFN2O2S. The number of aliphatic hydroxyl groups excluding tert-OH is 1. The van der Waals surface area contributed by atoms with Crippen LogP contribution in [0, 0.1) is 5.41 Å². The molecule has 4 rings (SSSR count). The highest BCUT2D eigenvalue weighted by atomic mass is 35.5. The summed E-state index contributed by atoms with van der Waals surface area (Å²) in [4.78, 5) is 6.87. The van der Waals surface area contributed by atoms with Crippen LogP contribution < -0.4 is 4.74 Å². The van der Waals surface area contributed by atoms with Crippen LogP contribution in [0.2, 0.25) is 5.02 Å². The number of fused-ring (bicyclic) bond motifs is 1. The molecule has 1 N–H and O–H groups in total. The maximum atomic E-state index is 15.6. The lowest BCUT2D eigenvalue weighted by Crippen LogP contribution is -2.42. The van der Waals surface area contributed by atoms with Crippen molar-refractivity contribution in [3.8, 4) is 5.75 Å². The number of likely N-dealkylation sites (tertiary alicyclic amines) is 1. The van der Waals surface area contributed by atoms with Crippen LogP contribution in [0.15, 0.2) is 24.4 Å².